The van der Waals surface area contributed by atoms with Crippen LogP contribution in [-0.4, -0.2) is 35.1 Å². The Balaban J connectivity index is 2.00. The number of piperidine rings is 1. The normalized spacial score (nSPS) is 15.3. The van der Waals surface area contributed by atoms with Crippen LogP contribution in [0, 0.1) is 24.2 Å². The molecule has 0 bridgehead atoms. The van der Waals surface area contributed by atoms with Crippen molar-refractivity contribution in [2.45, 2.75) is 19.8 Å². The van der Waals surface area contributed by atoms with Gasteiger partial charge in [-0.1, -0.05) is 6.07 Å². The van der Waals surface area contributed by atoms with E-state index in [1.54, 1.807) is 23.1 Å². The summed E-state index contributed by atoms with van der Waals surface area (Å²) in [6.45, 7) is 2.72. The van der Waals surface area contributed by atoms with Gasteiger partial charge in [-0.3, -0.25) is 4.79 Å². The lowest BCUT2D eigenvalue weighted by atomic mass is 9.97. The van der Waals surface area contributed by atoms with Gasteiger partial charge in [0.25, 0.3) is 0 Å². The van der Waals surface area contributed by atoms with Gasteiger partial charge >= 0.3 is 12.0 Å². The molecule has 1 aliphatic heterocycles. The molecular weight excluding hydrogens is 270 g/mol. The Hall–Kier alpha value is -2.55. The molecule has 0 aliphatic carbocycles. The first-order valence-corrected chi connectivity index (χ1v) is 6.80. The van der Waals surface area contributed by atoms with E-state index in [-0.39, 0.29) is 11.9 Å². The Bertz CT molecular complexity index is 599. The average Bonchev–Trinajstić information content (AvgIpc) is 2.49. The van der Waals surface area contributed by atoms with Gasteiger partial charge in [-0.2, -0.15) is 5.26 Å². The molecule has 1 fully saturated rings. The monoisotopic (exact) mass is 287 g/mol. The molecule has 110 valence electrons. The van der Waals surface area contributed by atoms with Crippen LogP contribution >= 0.6 is 0 Å². The van der Waals surface area contributed by atoms with E-state index in [0.717, 1.165) is 5.56 Å². The zero-order valence-corrected chi connectivity index (χ0v) is 11.8. The van der Waals surface area contributed by atoms with Crippen molar-refractivity contribution < 1.29 is 14.7 Å². The summed E-state index contributed by atoms with van der Waals surface area (Å²) in [5, 5.41) is 20.6. The Kier molecular flexibility index (Phi) is 4.43. The number of likely N-dealkylation sites (tertiary alicyclic amines) is 1. The topological polar surface area (TPSA) is 93.4 Å². The Morgan fingerprint density at radius 1 is 1.38 bits per heavy atom. The number of hydrogen-bond donors (Lipinski definition) is 2. The van der Waals surface area contributed by atoms with Crippen LogP contribution < -0.4 is 5.32 Å². The average molecular weight is 287 g/mol. The number of nitrogens with zero attached hydrogens (tertiary/aromatic N) is 2. The molecule has 1 aromatic carbocycles. The minimum absolute atomic E-state index is 0.253. The zero-order chi connectivity index (χ0) is 15.4. The molecule has 1 saturated heterocycles. The number of aliphatic carboxylic acids is 1. The standard InChI is InChI=1S/C15H17N3O3/c1-10-2-3-11(9-16)8-13(10)17-15(21)18-6-4-12(5-7-18)14(19)20/h2-3,8,12H,4-7H2,1H3,(H,17,21)(H,19,20). The summed E-state index contributed by atoms with van der Waals surface area (Å²) in [6.07, 6.45) is 0.944. The van der Waals surface area contributed by atoms with Gasteiger partial charge < -0.3 is 15.3 Å². The predicted octanol–water partition coefficient (Wildman–Crippen LogP) is 2.20. The Morgan fingerprint density at radius 2 is 2.05 bits per heavy atom. The minimum atomic E-state index is -0.798. The fourth-order valence-electron chi connectivity index (χ4n) is 2.35. The number of carboxylic acid groups (broad SMARTS) is 1. The molecule has 0 radical (unpaired) electrons. The summed E-state index contributed by atoms with van der Waals surface area (Å²) >= 11 is 0. The van der Waals surface area contributed by atoms with E-state index in [1.807, 2.05) is 13.0 Å². The van der Waals surface area contributed by atoms with Gasteiger partial charge in [0, 0.05) is 18.8 Å². The second kappa shape index (κ2) is 6.27. The molecule has 21 heavy (non-hydrogen) atoms. The fourth-order valence-corrected chi connectivity index (χ4v) is 2.35. The SMILES string of the molecule is Cc1ccc(C#N)cc1NC(=O)N1CCC(C(=O)O)CC1. The number of carbonyl (C=O) groups is 2. The summed E-state index contributed by atoms with van der Waals surface area (Å²) in [5.74, 6) is -1.16. The van der Waals surface area contributed by atoms with Gasteiger partial charge in [-0.15, -0.1) is 0 Å². The molecule has 0 saturated carbocycles. The number of hydrogen-bond acceptors (Lipinski definition) is 3. The van der Waals surface area contributed by atoms with Crippen molar-refractivity contribution in [2.24, 2.45) is 5.92 Å². The quantitative estimate of drug-likeness (QED) is 0.872. The summed E-state index contributed by atoms with van der Waals surface area (Å²) < 4.78 is 0. The number of carbonyl (C=O) groups excluding carboxylic acids is 1. The molecule has 0 unspecified atom stereocenters. The smallest absolute Gasteiger partial charge is 0.321 e. The largest absolute Gasteiger partial charge is 0.481 e. The molecule has 1 aromatic rings. The van der Waals surface area contributed by atoms with Crippen LogP contribution in [0.5, 0.6) is 0 Å². The number of nitriles is 1. The highest BCUT2D eigenvalue weighted by Gasteiger charge is 2.27. The molecule has 0 atom stereocenters. The molecule has 0 spiro atoms. The number of amides is 2. The summed E-state index contributed by atoms with van der Waals surface area (Å²) in [7, 11) is 0. The maximum Gasteiger partial charge on any atom is 0.321 e. The number of nitrogens with one attached hydrogen (secondary N) is 1. The molecule has 2 rings (SSSR count). The third kappa shape index (κ3) is 3.51. The maximum atomic E-state index is 12.2. The number of anilines is 1. The van der Waals surface area contributed by atoms with Crippen LogP contribution in [-0.2, 0) is 4.79 Å². The van der Waals surface area contributed by atoms with Crippen LogP contribution in [0.4, 0.5) is 10.5 Å². The summed E-state index contributed by atoms with van der Waals surface area (Å²) in [5.41, 5.74) is 1.97. The first-order valence-electron chi connectivity index (χ1n) is 6.80. The lowest BCUT2D eigenvalue weighted by Gasteiger charge is -2.30. The first-order chi connectivity index (χ1) is 10.0. The molecule has 0 aromatic heterocycles. The van der Waals surface area contributed by atoms with Crippen molar-refractivity contribution in [2.75, 3.05) is 18.4 Å². The second-order valence-corrected chi connectivity index (χ2v) is 5.17. The number of benzene rings is 1. The Labute approximate surface area is 123 Å². The van der Waals surface area contributed by atoms with Crippen molar-refractivity contribution in [3.63, 3.8) is 0 Å². The highest BCUT2D eigenvalue weighted by molar-refractivity contribution is 5.90. The molecule has 6 nitrogen and oxygen atoms in total. The third-order valence-corrected chi connectivity index (χ3v) is 3.74. The highest BCUT2D eigenvalue weighted by atomic mass is 16.4. The van der Waals surface area contributed by atoms with Crippen molar-refractivity contribution >= 4 is 17.7 Å². The number of urea groups is 1. The van der Waals surface area contributed by atoms with E-state index >= 15 is 0 Å². The number of carboxylic acids is 1. The second-order valence-electron chi connectivity index (χ2n) is 5.17. The molecule has 2 N–H and O–H groups in total. The van der Waals surface area contributed by atoms with Crippen molar-refractivity contribution in [3.8, 4) is 6.07 Å². The van der Waals surface area contributed by atoms with E-state index in [0.29, 0.717) is 37.2 Å². The molecule has 6 heteroatoms. The maximum absolute atomic E-state index is 12.2. The molecular formula is C15H17N3O3. The van der Waals surface area contributed by atoms with E-state index in [2.05, 4.69) is 5.32 Å². The van der Waals surface area contributed by atoms with Crippen molar-refractivity contribution in [3.05, 3.63) is 29.3 Å². The van der Waals surface area contributed by atoms with Gasteiger partial charge in [-0.05, 0) is 37.5 Å². The van der Waals surface area contributed by atoms with Crippen LogP contribution in [0.15, 0.2) is 18.2 Å². The molecule has 2 amide bonds. The number of aryl methyl sites for hydroxylation is 1. The van der Waals surface area contributed by atoms with Crippen molar-refractivity contribution in [1.82, 2.24) is 4.90 Å². The number of rotatable bonds is 2. The van der Waals surface area contributed by atoms with Crippen molar-refractivity contribution in [1.29, 1.82) is 5.26 Å². The molecule has 1 aliphatic rings. The van der Waals surface area contributed by atoms with E-state index < -0.39 is 5.97 Å². The first kappa shape index (κ1) is 14.9. The third-order valence-electron chi connectivity index (χ3n) is 3.74. The Morgan fingerprint density at radius 3 is 2.62 bits per heavy atom. The summed E-state index contributed by atoms with van der Waals surface area (Å²) in [4.78, 5) is 24.7. The van der Waals surface area contributed by atoms with Crippen LogP contribution in [0.25, 0.3) is 0 Å². The highest BCUT2D eigenvalue weighted by Crippen LogP contribution is 2.20. The lowest BCUT2D eigenvalue weighted by Crippen LogP contribution is -2.42. The predicted molar refractivity (Wildman–Crippen MR) is 76.8 cm³/mol. The lowest BCUT2D eigenvalue weighted by molar-refractivity contribution is -0.143. The van der Waals surface area contributed by atoms with Gasteiger partial charge in [0.2, 0.25) is 0 Å². The summed E-state index contributed by atoms with van der Waals surface area (Å²) in [6, 6.07) is 6.90. The van der Waals surface area contributed by atoms with Gasteiger partial charge in [0.05, 0.1) is 17.6 Å². The fraction of sp³-hybridized carbons (Fsp3) is 0.400. The van der Waals surface area contributed by atoms with Gasteiger partial charge in [0.15, 0.2) is 0 Å². The zero-order valence-electron chi connectivity index (χ0n) is 11.8. The van der Waals surface area contributed by atoms with Gasteiger partial charge in [0.1, 0.15) is 0 Å². The van der Waals surface area contributed by atoms with Crippen LogP contribution in [0.2, 0.25) is 0 Å². The van der Waals surface area contributed by atoms with E-state index in [4.69, 9.17) is 10.4 Å². The minimum Gasteiger partial charge on any atom is -0.481 e. The van der Waals surface area contributed by atoms with Gasteiger partial charge in [-0.25, -0.2) is 4.79 Å². The van der Waals surface area contributed by atoms with E-state index in [9.17, 15) is 9.59 Å². The van der Waals surface area contributed by atoms with Crippen LogP contribution in [0.3, 0.4) is 0 Å². The molecule has 1 heterocycles. The van der Waals surface area contributed by atoms with E-state index in [1.165, 1.54) is 0 Å². The van der Waals surface area contributed by atoms with Crippen LogP contribution in [0.1, 0.15) is 24.0 Å².